The topological polar surface area (TPSA) is 81.2 Å². The fourth-order valence-corrected chi connectivity index (χ4v) is 3.42. The van der Waals surface area contributed by atoms with Gasteiger partial charge in [0.2, 0.25) is 12.8 Å². The molecule has 2 heterocycles. The van der Waals surface area contributed by atoms with Gasteiger partial charge in [0.15, 0.2) is 11.5 Å². The quantitative estimate of drug-likeness (QED) is 0.578. The number of nitrogens with zero attached hydrogens (tertiary/aromatic N) is 1. The van der Waals surface area contributed by atoms with Crippen LogP contribution < -0.4 is 20.1 Å². The van der Waals surface area contributed by atoms with Crippen LogP contribution in [0.25, 0.3) is 0 Å². The van der Waals surface area contributed by atoms with Crippen molar-refractivity contribution in [3.63, 3.8) is 0 Å². The summed E-state index contributed by atoms with van der Waals surface area (Å²) in [5, 5.41) is 6.15. The number of nitrogens with one attached hydrogen (secondary N) is 2. The van der Waals surface area contributed by atoms with E-state index in [2.05, 4.69) is 41.6 Å². The highest BCUT2D eigenvalue weighted by molar-refractivity contribution is 6.10. The second-order valence-electron chi connectivity index (χ2n) is 7.75. The molecule has 2 aromatic rings. The summed E-state index contributed by atoms with van der Waals surface area (Å²) in [5.74, 6) is 1.74. The molecule has 0 spiro atoms. The molecule has 1 amide bonds. The maximum Gasteiger partial charge on any atom is 0.258 e. The van der Waals surface area contributed by atoms with Crippen LogP contribution in [0.4, 0.5) is 5.69 Å². The molecule has 7 nitrogen and oxygen atoms in total. The molecule has 0 aliphatic carbocycles. The molecule has 0 aromatic heterocycles. The van der Waals surface area contributed by atoms with Gasteiger partial charge in [-0.05, 0) is 54.7 Å². The van der Waals surface area contributed by atoms with Gasteiger partial charge in [-0.3, -0.25) is 10.1 Å². The molecule has 30 heavy (non-hydrogen) atoms. The van der Waals surface area contributed by atoms with Crippen molar-refractivity contribution in [2.45, 2.75) is 38.7 Å². The van der Waals surface area contributed by atoms with Crippen LogP contribution in [0.5, 0.6) is 11.5 Å². The van der Waals surface area contributed by atoms with Crippen molar-refractivity contribution >= 4 is 17.6 Å². The third kappa shape index (κ3) is 4.91. The SMILES string of the molecule is CC(C)c1cccc(NC(=NCC2CCCO2)NC(=O)c2ccc3c(c2)OCO3)c1. The number of guanidine groups is 1. The van der Waals surface area contributed by atoms with Crippen molar-refractivity contribution in [1.29, 1.82) is 0 Å². The van der Waals surface area contributed by atoms with Crippen LogP contribution in [0.1, 0.15) is 48.5 Å². The van der Waals surface area contributed by atoms with Crippen LogP contribution in [-0.2, 0) is 4.74 Å². The summed E-state index contributed by atoms with van der Waals surface area (Å²) in [6.45, 7) is 5.72. The van der Waals surface area contributed by atoms with E-state index in [0.717, 1.165) is 25.1 Å². The zero-order chi connectivity index (χ0) is 20.9. The Morgan fingerprint density at radius 2 is 2.03 bits per heavy atom. The number of hydrogen-bond acceptors (Lipinski definition) is 5. The lowest BCUT2D eigenvalue weighted by molar-refractivity contribution is 0.0975. The zero-order valence-corrected chi connectivity index (χ0v) is 17.3. The fourth-order valence-electron chi connectivity index (χ4n) is 3.42. The number of benzene rings is 2. The van der Waals surface area contributed by atoms with Crippen molar-refractivity contribution in [1.82, 2.24) is 5.32 Å². The van der Waals surface area contributed by atoms with E-state index in [-0.39, 0.29) is 18.8 Å². The highest BCUT2D eigenvalue weighted by Gasteiger charge is 2.19. The van der Waals surface area contributed by atoms with Crippen LogP contribution in [0, 0.1) is 0 Å². The molecule has 1 saturated heterocycles. The van der Waals surface area contributed by atoms with Crippen molar-refractivity contribution in [3.05, 3.63) is 53.6 Å². The Morgan fingerprint density at radius 1 is 1.17 bits per heavy atom. The molecule has 1 atom stereocenters. The number of anilines is 1. The van der Waals surface area contributed by atoms with Gasteiger partial charge in [-0.25, -0.2) is 4.99 Å². The normalized spacial score (nSPS) is 18.0. The van der Waals surface area contributed by atoms with Gasteiger partial charge < -0.3 is 19.5 Å². The molecule has 0 radical (unpaired) electrons. The van der Waals surface area contributed by atoms with E-state index in [4.69, 9.17) is 14.2 Å². The van der Waals surface area contributed by atoms with Crippen LogP contribution in [0.3, 0.4) is 0 Å². The summed E-state index contributed by atoms with van der Waals surface area (Å²) in [4.78, 5) is 17.5. The number of carbonyl (C=O) groups is 1. The van der Waals surface area contributed by atoms with Gasteiger partial charge in [0.1, 0.15) is 0 Å². The van der Waals surface area contributed by atoms with E-state index in [9.17, 15) is 4.79 Å². The van der Waals surface area contributed by atoms with Crippen molar-refractivity contribution in [2.75, 3.05) is 25.3 Å². The molecule has 4 rings (SSSR count). The number of fused-ring (bicyclic) bond motifs is 1. The van der Waals surface area contributed by atoms with Crippen LogP contribution in [0.2, 0.25) is 0 Å². The zero-order valence-electron chi connectivity index (χ0n) is 17.3. The number of rotatable bonds is 5. The Labute approximate surface area is 176 Å². The van der Waals surface area contributed by atoms with Gasteiger partial charge in [0.25, 0.3) is 5.91 Å². The summed E-state index contributed by atoms with van der Waals surface area (Å²) >= 11 is 0. The predicted octanol–water partition coefficient (Wildman–Crippen LogP) is 3.92. The third-order valence-electron chi connectivity index (χ3n) is 5.16. The first-order chi connectivity index (χ1) is 14.6. The average Bonchev–Trinajstić information content (AvgIpc) is 3.43. The highest BCUT2D eigenvalue weighted by Crippen LogP contribution is 2.32. The molecular weight excluding hydrogens is 382 g/mol. The second-order valence-corrected chi connectivity index (χ2v) is 7.75. The Hall–Kier alpha value is -3.06. The van der Waals surface area contributed by atoms with E-state index >= 15 is 0 Å². The molecular formula is C23H27N3O4. The minimum Gasteiger partial charge on any atom is -0.454 e. The van der Waals surface area contributed by atoms with Crippen LogP contribution in [-0.4, -0.2) is 37.9 Å². The van der Waals surface area contributed by atoms with Crippen molar-refractivity contribution in [3.8, 4) is 11.5 Å². The third-order valence-corrected chi connectivity index (χ3v) is 5.16. The van der Waals surface area contributed by atoms with E-state index in [1.807, 2.05) is 12.1 Å². The van der Waals surface area contributed by atoms with Gasteiger partial charge >= 0.3 is 0 Å². The fraction of sp³-hybridized carbons (Fsp3) is 0.391. The lowest BCUT2D eigenvalue weighted by atomic mass is 10.0. The van der Waals surface area contributed by atoms with Gasteiger partial charge in [0.05, 0.1) is 12.6 Å². The molecule has 158 valence electrons. The van der Waals surface area contributed by atoms with Crippen LogP contribution >= 0.6 is 0 Å². The number of aliphatic imine (C=N–C) groups is 1. The van der Waals surface area contributed by atoms with Gasteiger partial charge in [-0.1, -0.05) is 26.0 Å². The number of hydrogen-bond donors (Lipinski definition) is 2. The summed E-state index contributed by atoms with van der Waals surface area (Å²) < 4.78 is 16.4. The Kier molecular flexibility index (Phi) is 6.18. The molecule has 7 heteroatoms. The number of carbonyl (C=O) groups excluding carboxylic acids is 1. The smallest absolute Gasteiger partial charge is 0.258 e. The lowest BCUT2D eigenvalue weighted by Gasteiger charge is -2.15. The van der Waals surface area contributed by atoms with E-state index < -0.39 is 0 Å². The maximum atomic E-state index is 12.9. The lowest BCUT2D eigenvalue weighted by Crippen LogP contribution is -2.36. The Bertz CT molecular complexity index is 936. The second kappa shape index (κ2) is 9.17. The number of ether oxygens (including phenoxy) is 3. The van der Waals surface area contributed by atoms with Gasteiger partial charge in [-0.15, -0.1) is 0 Å². The van der Waals surface area contributed by atoms with Crippen molar-refractivity contribution < 1.29 is 19.0 Å². The first-order valence-corrected chi connectivity index (χ1v) is 10.3. The molecule has 2 aliphatic rings. The summed E-state index contributed by atoms with van der Waals surface area (Å²) in [6.07, 6.45) is 2.12. The summed E-state index contributed by atoms with van der Waals surface area (Å²) in [5.41, 5.74) is 2.56. The maximum absolute atomic E-state index is 12.9. The van der Waals surface area contributed by atoms with E-state index in [1.165, 1.54) is 5.56 Å². The largest absolute Gasteiger partial charge is 0.454 e. The molecule has 0 saturated carbocycles. The average molecular weight is 409 g/mol. The van der Waals surface area contributed by atoms with Crippen LogP contribution in [0.15, 0.2) is 47.5 Å². The molecule has 1 unspecified atom stereocenters. The first-order valence-electron chi connectivity index (χ1n) is 10.3. The molecule has 2 aliphatic heterocycles. The molecule has 0 bridgehead atoms. The van der Waals surface area contributed by atoms with E-state index in [1.54, 1.807) is 18.2 Å². The highest BCUT2D eigenvalue weighted by atomic mass is 16.7. The molecule has 2 N–H and O–H groups in total. The molecule has 1 fully saturated rings. The predicted molar refractivity (Wildman–Crippen MR) is 115 cm³/mol. The minimum absolute atomic E-state index is 0.0891. The van der Waals surface area contributed by atoms with Gasteiger partial charge in [-0.2, -0.15) is 0 Å². The molecule has 2 aromatic carbocycles. The summed E-state index contributed by atoms with van der Waals surface area (Å²) in [7, 11) is 0. The Balaban J connectivity index is 1.51. The monoisotopic (exact) mass is 409 g/mol. The Morgan fingerprint density at radius 3 is 2.83 bits per heavy atom. The standard InChI is InChI=1S/C23H27N3O4/c1-15(2)16-5-3-6-18(11-16)25-23(24-13-19-7-4-10-28-19)26-22(27)17-8-9-20-21(12-17)30-14-29-20/h3,5-6,8-9,11-12,15,19H,4,7,10,13-14H2,1-2H3,(H2,24,25,26,27). The van der Waals surface area contributed by atoms with E-state index in [0.29, 0.717) is 35.5 Å². The number of amides is 1. The van der Waals surface area contributed by atoms with Gasteiger partial charge in [0, 0.05) is 17.9 Å². The van der Waals surface area contributed by atoms with Crippen molar-refractivity contribution in [2.24, 2.45) is 4.99 Å². The first kappa shape index (κ1) is 20.2. The summed E-state index contributed by atoms with van der Waals surface area (Å²) in [6, 6.07) is 13.2. The minimum atomic E-state index is -0.271.